The number of hydrazone groups is 1. The zero-order chi connectivity index (χ0) is 25.5. The van der Waals surface area contributed by atoms with Gasteiger partial charge < -0.3 is 20.7 Å². The van der Waals surface area contributed by atoms with Crippen molar-refractivity contribution in [1.82, 2.24) is 15.2 Å². The molecular formula is C26H30N6O3S. The minimum Gasteiger partial charge on any atom is -0.445 e. The molecule has 2 atom stereocenters. The largest absolute Gasteiger partial charge is 0.445 e. The highest BCUT2D eigenvalue weighted by Gasteiger charge is 2.49. The minimum absolute atomic E-state index is 0.147. The number of nitriles is 1. The van der Waals surface area contributed by atoms with Crippen LogP contribution in [0.5, 0.6) is 0 Å². The van der Waals surface area contributed by atoms with Gasteiger partial charge in [0.2, 0.25) is 0 Å². The van der Waals surface area contributed by atoms with Crippen molar-refractivity contribution in [2.75, 3.05) is 13.1 Å². The summed E-state index contributed by atoms with van der Waals surface area (Å²) >= 11 is 1.43. The lowest BCUT2D eigenvalue weighted by Crippen LogP contribution is -2.51. The summed E-state index contributed by atoms with van der Waals surface area (Å²) in [7, 11) is 0. The summed E-state index contributed by atoms with van der Waals surface area (Å²) in [5.74, 6) is -0.397. The molecule has 1 aliphatic heterocycles. The van der Waals surface area contributed by atoms with E-state index in [2.05, 4.69) is 23.2 Å². The fraction of sp³-hybridized carbons (Fsp3) is 0.385. The lowest BCUT2D eigenvalue weighted by molar-refractivity contribution is 0.0730. The molecule has 1 unspecified atom stereocenters. The fourth-order valence-corrected chi connectivity index (χ4v) is 5.02. The number of ether oxygens (including phenoxy) is 1. The normalized spacial score (nSPS) is 19.5. The number of piperidine rings is 1. The maximum Gasteiger partial charge on any atom is 0.410 e. The molecule has 0 radical (unpaired) electrons. The second-order valence-corrected chi connectivity index (χ2v) is 9.89. The van der Waals surface area contributed by atoms with Gasteiger partial charge >= 0.3 is 6.09 Å². The third-order valence-corrected chi connectivity index (χ3v) is 7.30. The van der Waals surface area contributed by atoms with Crippen LogP contribution in [0, 0.1) is 17.2 Å². The van der Waals surface area contributed by atoms with Gasteiger partial charge in [-0.3, -0.25) is 9.80 Å². The molecule has 2 aromatic rings. The van der Waals surface area contributed by atoms with E-state index in [1.54, 1.807) is 22.5 Å². The molecule has 1 aliphatic carbocycles. The summed E-state index contributed by atoms with van der Waals surface area (Å²) in [6.07, 6.45) is 4.04. The van der Waals surface area contributed by atoms with Gasteiger partial charge in [-0.05, 0) is 42.7 Å². The number of benzene rings is 1. The third kappa shape index (κ3) is 5.86. The van der Waals surface area contributed by atoms with Gasteiger partial charge in [-0.1, -0.05) is 30.3 Å². The molecule has 2 amide bonds. The molecule has 0 bridgehead atoms. The van der Waals surface area contributed by atoms with E-state index in [0.29, 0.717) is 37.2 Å². The summed E-state index contributed by atoms with van der Waals surface area (Å²) in [6, 6.07) is 13.0. The number of nitrogens with two attached hydrogens (primary N) is 1. The number of carbonyl (C=O) groups is 2. The maximum atomic E-state index is 13.0. The summed E-state index contributed by atoms with van der Waals surface area (Å²) in [5, 5.41) is 21.7. The van der Waals surface area contributed by atoms with Crippen LogP contribution in [0.2, 0.25) is 0 Å². The van der Waals surface area contributed by atoms with E-state index in [-0.39, 0.29) is 18.4 Å². The number of nitrogens with one attached hydrogen (secondary N) is 1. The number of amides is 2. The molecule has 9 nitrogen and oxygen atoms in total. The number of carbonyl (C=O) groups excluding carboxylic acids is 2. The smallest absolute Gasteiger partial charge is 0.410 e. The van der Waals surface area contributed by atoms with E-state index >= 15 is 0 Å². The van der Waals surface area contributed by atoms with Gasteiger partial charge in [-0.2, -0.15) is 21.7 Å². The van der Waals surface area contributed by atoms with E-state index in [1.165, 1.54) is 16.3 Å². The first-order valence-corrected chi connectivity index (χ1v) is 12.8. The molecule has 2 aliphatic rings. The van der Waals surface area contributed by atoms with E-state index in [0.717, 1.165) is 18.4 Å². The summed E-state index contributed by atoms with van der Waals surface area (Å²) in [5.41, 5.74) is 7.61. The summed E-state index contributed by atoms with van der Waals surface area (Å²) in [6.45, 7) is 4.73. The number of nitrogens with zero attached hydrogens (tertiary/aromatic N) is 4. The monoisotopic (exact) mass is 506 g/mol. The van der Waals surface area contributed by atoms with Crippen molar-refractivity contribution in [3.8, 4) is 6.07 Å². The molecule has 4 rings (SSSR count). The first-order chi connectivity index (χ1) is 17.5. The van der Waals surface area contributed by atoms with Crippen molar-refractivity contribution in [3.05, 3.63) is 70.2 Å². The van der Waals surface area contributed by atoms with Crippen molar-refractivity contribution < 1.29 is 14.3 Å². The Bertz CT molecular complexity index is 1140. The van der Waals surface area contributed by atoms with Crippen molar-refractivity contribution in [2.45, 2.75) is 43.9 Å². The van der Waals surface area contributed by atoms with E-state index < -0.39 is 17.7 Å². The molecule has 0 spiro atoms. The number of rotatable bonds is 9. The first kappa shape index (κ1) is 25.3. The van der Waals surface area contributed by atoms with Crippen molar-refractivity contribution >= 4 is 30.1 Å². The lowest BCUT2D eigenvalue weighted by atomic mass is 9.88. The van der Waals surface area contributed by atoms with Crippen molar-refractivity contribution in [2.24, 2.45) is 16.8 Å². The quantitative estimate of drug-likeness (QED) is 0.395. The highest BCUT2D eigenvalue weighted by molar-refractivity contribution is 7.08. The van der Waals surface area contributed by atoms with E-state index in [9.17, 15) is 14.9 Å². The van der Waals surface area contributed by atoms with Crippen LogP contribution in [-0.4, -0.2) is 53.3 Å². The molecule has 188 valence electrons. The Balaban J connectivity index is 1.50. The predicted octanol–water partition coefficient (Wildman–Crippen LogP) is 3.67. The van der Waals surface area contributed by atoms with Crippen LogP contribution in [0.4, 0.5) is 4.79 Å². The number of thiophene rings is 1. The van der Waals surface area contributed by atoms with Crippen molar-refractivity contribution in [1.29, 1.82) is 5.26 Å². The van der Waals surface area contributed by atoms with Gasteiger partial charge in [0, 0.05) is 43.0 Å². The predicted molar refractivity (Wildman–Crippen MR) is 138 cm³/mol. The Morgan fingerprint density at radius 2 is 2.17 bits per heavy atom. The molecular weight excluding hydrogens is 476 g/mol. The average Bonchev–Trinajstić information content (AvgIpc) is 3.51. The van der Waals surface area contributed by atoms with Gasteiger partial charge in [0.25, 0.3) is 5.91 Å². The Labute approximate surface area is 214 Å². The zero-order valence-electron chi connectivity index (χ0n) is 20.0. The fourth-order valence-electron chi connectivity index (χ4n) is 4.38. The molecule has 10 heteroatoms. The Kier molecular flexibility index (Phi) is 7.90. The van der Waals surface area contributed by atoms with Crippen LogP contribution in [0.15, 0.2) is 64.2 Å². The SMILES string of the molecule is C=NN(/C=C(\N)[C@@H](NC(=O)c1ccsc1)C1CCCN(C(=O)OCc2ccccc2)C1)C1(C#N)CC1. The van der Waals surface area contributed by atoms with Crippen LogP contribution >= 0.6 is 11.3 Å². The summed E-state index contributed by atoms with van der Waals surface area (Å²) in [4.78, 5) is 27.5. The first-order valence-electron chi connectivity index (χ1n) is 11.9. The highest BCUT2D eigenvalue weighted by atomic mass is 32.1. The number of hydrogen-bond donors (Lipinski definition) is 2. The molecule has 1 aromatic heterocycles. The Hall–Kier alpha value is -3.84. The van der Waals surface area contributed by atoms with Gasteiger partial charge in [0.1, 0.15) is 12.1 Å². The van der Waals surface area contributed by atoms with Crippen LogP contribution in [0.25, 0.3) is 0 Å². The topological polar surface area (TPSA) is 124 Å². The van der Waals surface area contributed by atoms with E-state index in [4.69, 9.17) is 10.5 Å². The zero-order valence-corrected chi connectivity index (χ0v) is 20.8. The molecule has 36 heavy (non-hydrogen) atoms. The van der Waals surface area contributed by atoms with Crippen LogP contribution in [0.3, 0.4) is 0 Å². The summed E-state index contributed by atoms with van der Waals surface area (Å²) < 4.78 is 5.53. The van der Waals surface area contributed by atoms with E-state index in [1.807, 2.05) is 35.7 Å². The van der Waals surface area contributed by atoms with Gasteiger partial charge in [-0.15, -0.1) is 0 Å². The standard InChI is InChI=1S/C26H30N6O3S/c1-29-32(26(18-27)10-11-26)15-22(28)23(30-24(33)21-9-13-36-17-21)20-8-5-12-31(14-20)25(34)35-16-19-6-3-2-4-7-19/h2-4,6-7,9,13,15,17,20,23H,1,5,8,10-12,14,16,28H2,(H,30,33)/b22-15-/t20?,23-/m0/s1. The molecule has 2 fully saturated rings. The van der Waals surface area contributed by atoms with Gasteiger partial charge in [0.15, 0.2) is 0 Å². The third-order valence-electron chi connectivity index (χ3n) is 6.62. The second kappa shape index (κ2) is 11.3. The van der Waals surface area contributed by atoms with Gasteiger partial charge in [-0.25, -0.2) is 4.79 Å². The van der Waals surface area contributed by atoms with Crippen molar-refractivity contribution in [3.63, 3.8) is 0 Å². The van der Waals surface area contributed by atoms with Crippen LogP contribution < -0.4 is 11.1 Å². The van der Waals surface area contributed by atoms with Crippen LogP contribution in [-0.2, 0) is 11.3 Å². The highest BCUT2D eigenvalue weighted by Crippen LogP contribution is 2.41. The number of hydrogen-bond acceptors (Lipinski definition) is 8. The second-order valence-electron chi connectivity index (χ2n) is 9.11. The Morgan fingerprint density at radius 3 is 2.81 bits per heavy atom. The molecule has 1 saturated carbocycles. The Morgan fingerprint density at radius 1 is 1.39 bits per heavy atom. The minimum atomic E-state index is -0.742. The van der Waals surface area contributed by atoms with Crippen LogP contribution in [0.1, 0.15) is 41.6 Å². The average molecular weight is 507 g/mol. The maximum absolute atomic E-state index is 13.0. The lowest BCUT2D eigenvalue weighted by Gasteiger charge is -2.37. The molecule has 2 heterocycles. The molecule has 1 aromatic carbocycles. The number of likely N-dealkylation sites (tertiary alicyclic amines) is 1. The van der Waals surface area contributed by atoms with Gasteiger partial charge in [0.05, 0.1) is 17.7 Å². The molecule has 3 N–H and O–H groups in total. The molecule has 1 saturated heterocycles.